The van der Waals surface area contributed by atoms with Crippen LogP contribution in [0.3, 0.4) is 0 Å². The molecular formula is C8H5Cl2. The predicted octanol–water partition coefficient (Wildman–Crippen LogP) is 3.16. The fraction of sp³-hybridized carbons (Fsp3) is 0. The Morgan fingerprint density at radius 1 is 1.10 bits per heavy atom. The summed E-state index contributed by atoms with van der Waals surface area (Å²) in [5.74, 6) is 0. The van der Waals surface area contributed by atoms with Gasteiger partial charge in [-0.25, -0.2) is 0 Å². The molecule has 0 amide bonds. The molecule has 0 saturated carbocycles. The molecule has 0 aliphatic carbocycles. The van der Waals surface area contributed by atoms with E-state index >= 15 is 0 Å². The molecule has 0 spiro atoms. The maximum absolute atomic E-state index is 5.38. The standard InChI is InChI=1S/C8H5Cl2/c9-8(10)6-7-4-2-1-3-5-7/h1-5H. The first-order valence-electron chi connectivity index (χ1n) is 2.79. The number of hydrogen-bond acceptors (Lipinski definition) is 0. The molecule has 2 heteroatoms. The van der Waals surface area contributed by atoms with Crippen molar-refractivity contribution in [3.05, 3.63) is 46.5 Å². The van der Waals surface area contributed by atoms with E-state index in [1.54, 1.807) is 0 Å². The van der Waals surface area contributed by atoms with Crippen molar-refractivity contribution < 1.29 is 0 Å². The molecule has 1 radical (unpaired) electrons. The van der Waals surface area contributed by atoms with Crippen molar-refractivity contribution in [1.82, 2.24) is 0 Å². The Bertz CT molecular complexity index is 222. The Morgan fingerprint density at radius 3 is 2.20 bits per heavy atom. The largest absolute Gasteiger partial charge is 0.115 e. The van der Waals surface area contributed by atoms with Gasteiger partial charge in [0.05, 0.1) is 0 Å². The number of rotatable bonds is 1. The molecule has 0 N–H and O–H groups in total. The molecule has 0 saturated heterocycles. The average molecular weight is 172 g/mol. The van der Waals surface area contributed by atoms with Crippen LogP contribution in [0.25, 0.3) is 0 Å². The quantitative estimate of drug-likeness (QED) is 0.610. The number of benzene rings is 1. The number of halogens is 2. The third-order valence-corrected chi connectivity index (χ3v) is 1.20. The van der Waals surface area contributed by atoms with Gasteiger partial charge in [-0.2, -0.15) is 0 Å². The van der Waals surface area contributed by atoms with Crippen LogP contribution in [0.4, 0.5) is 0 Å². The van der Waals surface area contributed by atoms with Crippen LogP contribution in [0.15, 0.2) is 34.8 Å². The molecule has 0 aliphatic heterocycles. The molecule has 10 heavy (non-hydrogen) atoms. The Hall–Kier alpha value is -0.460. The Kier molecular flexibility index (Phi) is 2.79. The fourth-order valence-electron chi connectivity index (χ4n) is 0.631. The molecule has 0 aliphatic rings. The summed E-state index contributed by atoms with van der Waals surface area (Å²) in [6.45, 7) is 0. The minimum Gasteiger partial charge on any atom is -0.0702 e. The van der Waals surface area contributed by atoms with Gasteiger partial charge in [-0.05, 0) is 5.56 Å². The topological polar surface area (TPSA) is 0 Å². The van der Waals surface area contributed by atoms with E-state index in [9.17, 15) is 0 Å². The lowest BCUT2D eigenvalue weighted by molar-refractivity contribution is 1.57. The fourth-order valence-corrected chi connectivity index (χ4v) is 0.849. The van der Waals surface area contributed by atoms with E-state index in [1.807, 2.05) is 30.3 Å². The van der Waals surface area contributed by atoms with Gasteiger partial charge in [-0.1, -0.05) is 53.5 Å². The lowest BCUT2D eigenvalue weighted by Gasteiger charge is -1.87. The van der Waals surface area contributed by atoms with E-state index in [4.69, 9.17) is 23.2 Å². The van der Waals surface area contributed by atoms with Crippen LogP contribution in [-0.4, -0.2) is 0 Å². The van der Waals surface area contributed by atoms with E-state index in [0.717, 1.165) is 5.56 Å². The van der Waals surface area contributed by atoms with E-state index in [0.29, 0.717) is 0 Å². The summed E-state index contributed by atoms with van der Waals surface area (Å²) >= 11 is 10.8. The Morgan fingerprint density at radius 2 is 1.70 bits per heavy atom. The Balaban J connectivity index is 2.87. The minimum absolute atomic E-state index is 0.159. The van der Waals surface area contributed by atoms with Crippen LogP contribution in [-0.2, 0) is 0 Å². The average Bonchev–Trinajstić information content (AvgIpc) is 1.88. The molecule has 0 atom stereocenters. The summed E-state index contributed by atoms with van der Waals surface area (Å²) in [4.78, 5) is 0. The van der Waals surface area contributed by atoms with Gasteiger partial charge in [-0.15, -0.1) is 0 Å². The molecule has 0 aromatic heterocycles. The van der Waals surface area contributed by atoms with Gasteiger partial charge < -0.3 is 0 Å². The molecule has 1 aromatic rings. The van der Waals surface area contributed by atoms with Crippen LogP contribution < -0.4 is 0 Å². The maximum atomic E-state index is 5.38. The van der Waals surface area contributed by atoms with E-state index in [-0.39, 0.29) is 4.49 Å². The van der Waals surface area contributed by atoms with Crippen LogP contribution in [0, 0.1) is 6.08 Å². The molecule has 0 nitrogen and oxygen atoms in total. The monoisotopic (exact) mass is 171 g/mol. The third-order valence-electron chi connectivity index (χ3n) is 1.01. The molecule has 1 rings (SSSR count). The lowest BCUT2D eigenvalue weighted by Crippen LogP contribution is -1.69. The summed E-state index contributed by atoms with van der Waals surface area (Å²) < 4.78 is 0.159. The summed E-state index contributed by atoms with van der Waals surface area (Å²) in [6, 6.07) is 9.49. The molecule has 0 fully saturated rings. The lowest BCUT2D eigenvalue weighted by atomic mass is 10.2. The minimum atomic E-state index is 0.159. The summed E-state index contributed by atoms with van der Waals surface area (Å²) in [5.41, 5.74) is 0.891. The molecule has 0 unspecified atom stereocenters. The molecule has 51 valence electrons. The van der Waals surface area contributed by atoms with Crippen molar-refractivity contribution in [3.63, 3.8) is 0 Å². The molecule has 0 heterocycles. The summed E-state index contributed by atoms with van der Waals surface area (Å²) in [7, 11) is 0. The van der Waals surface area contributed by atoms with E-state index < -0.39 is 0 Å². The van der Waals surface area contributed by atoms with Gasteiger partial charge in [0.2, 0.25) is 0 Å². The first kappa shape index (κ1) is 7.64. The summed E-state index contributed by atoms with van der Waals surface area (Å²) in [5, 5.41) is 0. The zero-order valence-corrected chi connectivity index (χ0v) is 6.65. The van der Waals surface area contributed by atoms with Crippen LogP contribution in [0.2, 0.25) is 0 Å². The Labute approximate surface area is 70.1 Å². The van der Waals surface area contributed by atoms with Gasteiger partial charge in [0.25, 0.3) is 0 Å². The molecule has 0 bridgehead atoms. The normalized spacial score (nSPS) is 9.00. The van der Waals surface area contributed by atoms with E-state index in [2.05, 4.69) is 6.08 Å². The first-order valence-corrected chi connectivity index (χ1v) is 3.54. The first-order chi connectivity index (χ1) is 4.79. The van der Waals surface area contributed by atoms with Crippen molar-refractivity contribution in [2.75, 3.05) is 0 Å². The van der Waals surface area contributed by atoms with Gasteiger partial charge in [-0.3, -0.25) is 0 Å². The third kappa shape index (κ3) is 2.42. The highest BCUT2D eigenvalue weighted by Crippen LogP contribution is 2.09. The van der Waals surface area contributed by atoms with Gasteiger partial charge in [0.1, 0.15) is 4.49 Å². The highest BCUT2D eigenvalue weighted by atomic mass is 35.5. The highest BCUT2D eigenvalue weighted by molar-refractivity contribution is 6.55. The summed E-state index contributed by atoms with van der Waals surface area (Å²) in [6.07, 6.45) is 2.75. The zero-order valence-electron chi connectivity index (χ0n) is 5.14. The SMILES string of the molecule is ClC(Cl)=[C]c1ccccc1. The second-order valence-corrected chi connectivity index (χ2v) is 2.70. The van der Waals surface area contributed by atoms with Crippen molar-refractivity contribution in [2.24, 2.45) is 0 Å². The van der Waals surface area contributed by atoms with Crippen LogP contribution >= 0.6 is 23.2 Å². The van der Waals surface area contributed by atoms with Gasteiger partial charge in [0.15, 0.2) is 0 Å². The van der Waals surface area contributed by atoms with Crippen LogP contribution in [0.1, 0.15) is 5.56 Å². The second kappa shape index (κ2) is 3.65. The second-order valence-electron chi connectivity index (χ2n) is 1.75. The maximum Gasteiger partial charge on any atom is 0.115 e. The van der Waals surface area contributed by atoms with Crippen molar-refractivity contribution in [3.8, 4) is 0 Å². The smallest absolute Gasteiger partial charge is 0.0702 e. The highest BCUT2D eigenvalue weighted by Gasteiger charge is 1.86. The molecular weight excluding hydrogens is 167 g/mol. The number of hydrogen-bond donors (Lipinski definition) is 0. The zero-order chi connectivity index (χ0) is 7.40. The van der Waals surface area contributed by atoms with Gasteiger partial charge in [0, 0.05) is 6.08 Å². The van der Waals surface area contributed by atoms with Crippen molar-refractivity contribution in [2.45, 2.75) is 0 Å². The molecule has 1 aromatic carbocycles. The van der Waals surface area contributed by atoms with Gasteiger partial charge >= 0.3 is 0 Å². The van der Waals surface area contributed by atoms with Crippen LogP contribution in [0.5, 0.6) is 0 Å². The van der Waals surface area contributed by atoms with Crippen molar-refractivity contribution >= 4 is 23.2 Å². The predicted molar refractivity (Wildman–Crippen MR) is 44.0 cm³/mol. The van der Waals surface area contributed by atoms with E-state index in [1.165, 1.54) is 0 Å². The van der Waals surface area contributed by atoms with Crippen molar-refractivity contribution in [1.29, 1.82) is 0 Å².